The summed E-state index contributed by atoms with van der Waals surface area (Å²) in [6, 6.07) is 8.96. The predicted octanol–water partition coefficient (Wildman–Crippen LogP) is 2.35. The number of rotatable bonds is 4. The van der Waals surface area contributed by atoms with Gasteiger partial charge < -0.3 is 10.6 Å². The number of benzene rings is 1. The fourth-order valence-electron chi connectivity index (χ4n) is 2.68. The number of piperidine rings is 1. The minimum absolute atomic E-state index is 0.273. The number of nitrogens with zero attached hydrogens (tertiary/aromatic N) is 1. The van der Waals surface area contributed by atoms with Crippen molar-refractivity contribution in [2.75, 3.05) is 19.6 Å². The molecule has 94 valence electrons. The van der Waals surface area contributed by atoms with E-state index in [9.17, 15) is 0 Å². The monoisotopic (exact) mass is 232 g/mol. The lowest BCUT2D eigenvalue weighted by Crippen LogP contribution is -2.41. The van der Waals surface area contributed by atoms with Gasteiger partial charge in [0.25, 0.3) is 0 Å². The zero-order chi connectivity index (χ0) is 12.1. The molecule has 0 saturated carbocycles. The molecule has 2 rings (SSSR count). The molecule has 1 aromatic rings. The maximum atomic E-state index is 6.24. The highest BCUT2D eigenvalue weighted by atomic mass is 15.1. The van der Waals surface area contributed by atoms with E-state index in [4.69, 9.17) is 5.73 Å². The van der Waals surface area contributed by atoms with Gasteiger partial charge >= 0.3 is 0 Å². The average molecular weight is 232 g/mol. The minimum Gasteiger partial charge on any atom is -0.326 e. The standard InChI is InChI=1S/C15H24N2/c1-13-6-5-7-14(10-13)11-15(16)12-17-8-3-2-4-9-17/h5-7,10,15H,2-4,8-9,11-12,16H2,1H3. The first-order valence-electron chi connectivity index (χ1n) is 6.77. The van der Waals surface area contributed by atoms with Gasteiger partial charge in [0.2, 0.25) is 0 Å². The third-order valence-electron chi connectivity index (χ3n) is 3.52. The molecule has 1 aliphatic rings. The van der Waals surface area contributed by atoms with Crippen molar-refractivity contribution < 1.29 is 0 Å². The summed E-state index contributed by atoms with van der Waals surface area (Å²) in [7, 11) is 0. The SMILES string of the molecule is Cc1cccc(CC(N)CN2CCCCC2)c1. The van der Waals surface area contributed by atoms with Crippen LogP contribution >= 0.6 is 0 Å². The lowest BCUT2D eigenvalue weighted by atomic mass is 10.0. The molecule has 1 heterocycles. The number of likely N-dealkylation sites (tertiary alicyclic amines) is 1. The molecule has 1 aromatic carbocycles. The van der Waals surface area contributed by atoms with Crippen molar-refractivity contribution in [1.82, 2.24) is 4.90 Å². The first kappa shape index (κ1) is 12.6. The van der Waals surface area contributed by atoms with Crippen molar-refractivity contribution in [2.24, 2.45) is 5.73 Å². The van der Waals surface area contributed by atoms with E-state index in [1.807, 2.05) is 0 Å². The summed E-state index contributed by atoms with van der Waals surface area (Å²) in [6.07, 6.45) is 5.08. The molecule has 0 spiro atoms. The van der Waals surface area contributed by atoms with Crippen LogP contribution in [0.5, 0.6) is 0 Å². The Bertz CT molecular complexity index is 343. The Hall–Kier alpha value is -0.860. The lowest BCUT2D eigenvalue weighted by Gasteiger charge is -2.29. The third kappa shape index (κ3) is 4.14. The van der Waals surface area contributed by atoms with Crippen LogP contribution in [-0.4, -0.2) is 30.6 Å². The summed E-state index contributed by atoms with van der Waals surface area (Å²) >= 11 is 0. The molecule has 2 nitrogen and oxygen atoms in total. The molecule has 2 heteroatoms. The fourth-order valence-corrected chi connectivity index (χ4v) is 2.68. The predicted molar refractivity (Wildman–Crippen MR) is 73.1 cm³/mol. The molecule has 17 heavy (non-hydrogen) atoms. The summed E-state index contributed by atoms with van der Waals surface area (Å²) in [5.41, 5.74) is 8.94. The first-order valence-corrected chi connectivity index (χ1v) is 6.77. The zero-order valence-electron chi connectivity index (χ0n) is 10.9. The van der Waals surface area contributed by atoms with Crippen LogP contribution < -0.4 is 5.73 Å². The zero-order valence-corrected chi connectivity index (χ0v) is 10.9. The summed E-state index contributed by atoms with van der Waals surface area (Å²) in [4.78, 5) is 2.52. The molecule has 1 aliphatic heterocycles. The Morgan fingerprint density at radius 2 is 2.00 bits per heavy atom. The van der Waals surface area contributed by atoms with Crippen molar-refractivity contribution in [3.8, 4) is 0 Å². The second kappa shape index (κ2) is 6.18. The number of hydrogen-bond acceptors (Lipinski definition) is 2. The molecule has 0 aliphatic carbocycles. The molecular formula is C15H24N2. The Labute approximate surface area is 105 Å². The molecular weight excluding hydrogens is 208 g/mol. The number of nitrogens with two attached hydrogens (primary N) is 1. The van der Waals surface area contributed by atoms with Gasteiger partial charge in [-0.3, -0.25) is 0 Å². The third-order valence-corrected chi connectivity index (χ3v) is 3.52. The molecule has 0 aromatic heterocycles. The molecule has 0 amide bonds. The van der Waals surface area contributed by atoms with Crippen LogP contribution in [0.4, 0.5) is 0 Å². The van der Waals surface area contributed by atoms with Crippen molar-refractivity contribution in [3.63, 3.8) is 0 Å². The first-order chi connectivity index (χ1) is 8.24. The average Bonchev–Trinajstić information content (AvgIpc) is 2.30. The Balaban J connectivity index is 1.82. The van der Waals surface area contributed by atoms with Crippen LogP contribution in [0.2, 0.25) is 0 Å². The summed E-state index contributed by atoms with van der Waals surface area (Å²) < 4.78 is 0. The van der Waals surface area contributed by atoms with Gasteiger partial charge in [-0.2, -0.15) is 0 Å². The van der Waals surface area contributed by atoms with Crippen molar-refractivity contribution in [2.45, 2.75) is 38.6 Å². The molecule has 1 unspecified atom stereocenters. The van der Waals surface area contributed by atoms with Gasteiger partial charge in [0.05, 0.1) is 0 Å². The van der Waals surface area contributed by atoms with Gasteiger partial charge in [-0.15, -0.1) is 0 Å². The van der Waals surface area contributed by atoms with Crippen LogP contribution in [0.15, 0.2) is 24.3 Å². The normalized spacial score (nSPS) is 19.2. The van der Waals surface area contributed by atoms with E-state index >= 15 is 0 Å². The van der Waals surface area contributed by atoms with E-state index in [1.165, 1.54) is 43.5 Å². The van der Waals surface area contributed by atoms with E-state index in [0.717, 1.165) is 13.0 Å². The maximum absolute atomic E-state index is 6.24. The van der Waals surface area contributed by atoms with Crippen molar-refractivity contribution in [1.29, 1.82) is 0 Å². The fraction of sp³-hybridized carbons (Fsp3) is 0.600. The highest BCUT2D eigenvalue weighted by Crippen LogP contribution is 2.11. The molecule has 0 bridgehead atoms. The minimum atomic E-state index is 0.273. The Morgan fingerprint density at radius 1 is 1.24 bits per heavy atom. The van der Waals surface area contributed by atoms with Crippen molar-refractivity contribution in [3.05, 3.63) is 35.4 Å². The van der Waals surface area contributed by atoms with Crippen LogP contribution in [0.1, 0.15) is 30.4 Å². The molecule has 0 radical (unpaired) electrons. The number of aryl methyl sites for hydroxylation is 1. The maximum Gasteiger partial charge on any atom is 0.0208 e. The topological polar surface area (TPSA) is 29.3 Å². The van der Waals surface area contributed by atoms with Crippen LogP contribution in [0, 0.1) is 6.92 Å². The van der Waals surface area contributed by atoms with Gasteiger partial charge in [-0.25, -0.2) is 0 Å². The van der Waals surface area contributed by atoms with E-state index < -0.39 is 0 Å². The molecule has 2 N–H and O–H groups in total. The molecule has 1 atom stereocenters. The van der Waals surface area contributed by atoms with Crippen LogP contribution in [0.3, 0.4) is 0 Å². The largest absolute Gasteiger partial charge is 0.326 e. The lowest BCUT2D eigenvalue weighted by molar-refractivity contribution is 0.215. The van der Waals surface area contributed by atoms with Gasteiger partial charge in [0.1, 0.15) is 0 Å². The van der Waals surface area contributed by atoms with Gasteiger partial charge in [0, 0.05) is 12.6 Å². The number of hydrogen-bond donors (Lipinski definition) is 1. The molecule has 1 fully saturated rings. The van der Waals surface area contributed by atoms with Gasteiger partial charge in [-0.05, 0) is 44.8 Å². The van der Waals surface area contributed by atoms with Crippen LogP contribution in [0.25, 0.3) is 0 Å². The summed E-state index contributed by atoms with van der Waals surface area (Å²) in [5.74, 6) is 0. The molecule has 1 saturated heterocycles. The Morgan fingerprint density at radius 3 is 2.71 bits per heavy atom. The van der Waals surface area contributed by atoms with E-state index in [2.05, 4.69) is 36.1 Å². The highest BCUT2D eigenvalue weighted by molar-refractivity contribution is 5.22. The van der Waals surface area contributed by atoms with Gasteiger partial charge in [0.15, 0.2) is 0 Å². The highest BCUT2D eigenvalue weighted by Gasteiger charge is 2.13. The summed E-state index contributed by atoms with van der Waals surface area (Å²) in [5, 5.41) is 0. The van der Waals surface area contributed by atoms with E-state index in [0.29, 0.717) is 0 Å². The second-order valence-electron chi connectivity index (χ2n) is 5.31. The summed E-state index contributed by atoms with van der Waals surface area (Å²) in [6.45, 7) is 5.66. The Kier molecular flexibility index (Phi) is 4.57. The smallest absolute Gasteiger partial charge is 0.0208 e. The van der Waals surface area contributed by atoms with Gasteiger partial charge in [-0.1, -0.05) is 36.2 Å². The van der Waals surface area contributed by atoms with E-state index in [-0.39, 0.29) is 6.04 Å². The van der Waals surface area contributed by atoms with E-state index in [1.54, 1.807) is 0 Å². The second-order valence-corrected chi connectivity index (χ2v) is 5.31. The quantitative estimate of drug-likeness (QED) is 0.863. The van der Waals surface area contributed by atoms with Crippen LogP contribution in [-0.2, 0) is 6.42 Å². The van der Waals surface area contributed by atoms with Crippen molar-refractivity contribution >= 4 is 0 Å².